The maximum Gasteiger partial charge on any atom is 0.268 e. The summed E-state index contributed by atoms with van der Waals surface area (Å²) in [5, 5.41) is 24.7. The van der Waals surface area contributed by atoms with Crippen LogP contribution in [-0.4, -0.2) is 27.3 Å². The molecule has 2 aromatic rings. The zero-order valence-electron chi connectivity index (χ0n) is 14.4. The molecule has 0 aliphatic carbocycles. The molecule has 1 aliphatic heterocycles. The van der Waals surface area contributed by atoms with E-state index in [9.17, 15) is 4.79 Å². The van der Waals surface area contributed by atoms with Gasteiger partial charge in [0.1, 0.15) is 29.4 Å². The fourth-order valence-electron chi connectivity index (χ4n) is 2.68. The second kappa shape index (κ2) is 7.08. The van der Waals surface area contributed by atoms with Gasteiger partial charge >= 0.3 is 0 Å². The van der Waals surface area contributed by atoms with Crippen LogP contribution in [0.5, 0.6) is 0 Å². The molecule has 0 saturated carbocycles. The number of anilines is 1. The summed E-state index contributed by atoms with van der Waals surface area (Å²) in [5.74, 6) is 0.557. The minimum absolute atomic E-state index is 0.204. The van der Waals surface area contributed by atoms with E-state index in [-0.39, 0.29) is 17.0 Å². The summed E-state index contributed by atoms with van der Waals surface area (Å²) in [6, 6.07) is 8.38. The van der Waals surface area contributed by atoms with Gasteiger partial charge in [-0.15, -0.1) is 0 Å². The molecule has 1 N–H and O–H groups in total. The first-order valence-corrected chi connectivity index (χ1v) is 8.06. The van der Waals surface area contributed by atoms with Crippen LogP contribution >= 0.6 is 0 Å². The number of nitrogens with one attached hydrogen (secondary N) is 1. The van der Waals surface area contributed by atoms with Crippen molar-refractivity contribution in [1.82, 2.24) is 9.55 Å². The first kappa shape index (κ1) is 17.2. The van der Waals surface area contributed by atoms with Crippen molar-refractivity contribution >= 4 is 17.3 Å². The second-order valence-electron chi connectivity index (χ2n) is 5.82. The van der Waals surface area contributed by atoms with Crippen LogP contribution in [0.2, 0.25) is 0 Å². The molecular formula is C18H16N6O2. The molecule has 1 amide bonds. The van der Waals surface area contributed by atoms with Gasteiger partial charge in [-0.25, -0.2) is 4.98 Å². The third kappa shape index (κ3) is 3.26. The SMILES string of the molecule is CCc1nc(C2=NOC(C(=O)Nc3ccc(C#N)c(C#N)c3)C2)cn1C. The predicted octanol–water partition coefficient (Wildman–Crippen LogP) is 1.86. The molecule has 130 valence electrons. The van der Waals surface area contributed by atoms with Crippen LogP contribution in [-0.2, 0) is 23.1 Å². The average Bonchev–Trinajstić information content (AvgIpc) is 3.28. The number of rotatable bonds is 4. The lowest BCUT2D eigenvalue weighted by Crippen LogP contribution is -2.28. The van der Waals surface area contributed by atoms with Gasteiger partial charge in [0.25, 0.3) is 5.91 Å². The summed E-state index contributed by atoms with van der Waals surface area (Å²) in [6.45, 7) is 2.02. The number of carbonyl (C=O) groups is 1. The van der Waals surface area contributed by atoms with Crippen molar-refractivity contribution in [2.45, 2.75) is 25.9 Å². The van der Waals surface area contributed by atoms with Crippen molar-refractivity contribution in [3.05, 3.63) is 47.0 Å². The van der Waals surface area contributed by atoms with Gasteiger partial charge < -0.3 is 14.7 Å². The fraction of sp³-hybridized carbons (Fsp3) is 0.278. The summed E-state index contributed by atoms with van der Waals surface area (Å²) in [6.07, 6.45) is 2.21. The molecule has 1 aromatic heterocycles. The van der Waals surface area contributed by atoms with E-state index >= 15 is 0 Å². The molecule has 0 saturated heterocycles. The largest absolute Gasteiger partial charge is 0.382 e. The van der Waals surface area contributed by atoms with Gasteiger partial charge in [0.15, 0.2) is 0 Å². The number of nitriles is 2. The number of imidazole rings is 1. The maximum atomic E-state index is 12.4. The lowest BCUT2D eigenvalue weighted by atomic mass is 10.1. The van der Waals surface area contributed by atoms with Crippen LogP contribution in [0, 0.1) is 22.7 Å². The van der Waals surface area contributed by atoms with Gasteiger partial charge in [-0.3, -0.25) is 4.79 Å². The van der Waals surface area contributed by atoms with Gasteiger partial charge in [-0.2, -0.15) is 10.5 Å². The third-order valence-electron chi connectivity index (χ3n) is 4.07. The number of nitrogens with zero attached hydrogens (tertiary/aromatic N) is 5. The Morgan fingerprint density at radius 2 is 2.15 bits per heavy atom. The van der Waals surface area contributed by atoms with Crippen LogP contribution in [0.15, 0.2) is 29.6 Å². The van der Waals surface area contributed by atoms with Crippen molar-refractivity contribution in [1.29, 1.82) is 10.5 Å². The minimum atomic E-state index is -0.765. The fourth-order valence-corrected chi connectivity index (χ4v) is 2.68. The van der Waals surface area contributed by atoms with E-state index in [1.165, 1.54) is 12.1 Å². The van der Waals surface area contributed by atoms with Crippen molar-refractivity contribution in [3.63, 3.8) is 0 Å². The molecule has 0 radical (unpaired) electrons. The molecule has 1 unspecified atom stereocenters. The highest BCUT2D eigenvalue weighted by molar-refractivity contribution is 6.05. The summed E-state index contributed by atoms with van der Waals surface area (Å²) >= 11 is 0. The van der Waals surface area contributed by atoms with Gasteiger partial charge in [0.2, 0.25) is 6.10 Å². The lowest BCUT2D eigenvalue weighted by Gasteiger charge is -2.09. The van der Waals surface area contributed by atoms with Crippen LogP contribution in [0.1, 0.15) is 36.0 Å². The molecule has 1 aromatic carbocycles. The quantitative estimate of drug-likeness (QED) is 0.905. The number of hydrogen-bond acceptors (Lipinski definition) is 6. The van der Waals surface area contributed by atoms with E-state index in [0.717, 1.165) is 12.2 Å². The Kier molecular flexibility index (Phi) is 4.68. The van der Waals surface area contributed by atoms with Crippen molar-refractivity contribution < 1.29 is 9.63 Å². The van der Waals surface area contributed by atoms with Gasteiger partial charge in [-0.05, 0) is 18.2 Å². The lowest BCUT2D eigenvalue weighted by molar-refractivity contribution is -0.125. The van der Waals surface area contributed by atoms with E-state index < -0.39 is 6.10 Å². The third-order valence-corrected chi connectivity index (χ3v) is 4.07. The highest BCUT2D eigenvalue weighted by Gasteiger charge is 2.30. The number of oxime groups is 1. The van der Waals surface area contributed by atoms with Crippen molar-refractivity contribution in [2.24, 2.45) is 12.2 Å². The van der Waals surface area contributed by atoms with Crippen LogP contribution in [0.3, 0.4) is 0 Å². The Labute approximate surface area is 150 Å². The molecule has 1 atom stereocenters. The van der Waals surface area contributed by atoms with Crippen molar-refractivity contribution in [3.8, 4) is 12.1 Å². The van der Waals surface area contributed by atoms with Crippen LogP contribution in [0.4, 0.5) is 5.69 Å². The van der Waals surface area contributed by atoms with Gasteiger partial charge in [0.05, 0.1) is 11.1 Å². The molecule has 0 bridgehead atoms. The minimum Gasteiger partial charge on any atom is -0.382 e. The van der Waals surface area contributed by atoms with Gasteiger partial charge in [0, 0.05) is 31.8 Å². The molecule has 26 heavy (non-hydrogen) atoms. The number of aromatic nitrogens is 2. The number of amides is 1. The molecule has 3 rings (SSSR count). The predicted molar refractivity (Wildman–Crippen MR) is 93.1 cm³/mol. The topological polar surface area (TPSA) is 116 Å². The Morgan fingerprint density at radius 3 is 2.81 bits per heavy atom. The summed E-state index contributed by atoms with van der Waals surface area (Å²) in [5.41, 5.74) is 2.21. The Morgan fingerprint density at radius 1 is 1.38 bits per heavy atom. The maximum absolute atomic E-state index is 12.4. The summed E-state index contributed by atoms with van der Waals surface area (Å²) in [4.78, 5) is 22.1. The Balaban J connectivity index is 1.67. The first-order chi connectivity index (χ1) is 12.5. The standard InChI is InChI=1S/C18H16N6O2/c1-3-17-22-15(10-24(17)2)14-7-16(26-23-14)18(25)21-13-5-4-11(8-19)12(6-13)9-20/h4-6,10,16H,3,7H2,1-2H3,(H,21,25). The number of benzene rings is 1. The highest BCUT2D eigenvalue weighted by Crippen LogP contribution is 2.20. The monoisotopic (exact) mass is 348 g/mol. The molecule has 8 heteroatoms. The summed E-state index contributed by atoms with van der Waals surface area (Å²) in [7, 11) is 1.91. The Bertz CT molecular complexity index is 977. The van der Waals surface area contributed by atoms with Crippen molar-refractivity contribution in [2.75, 3.05) is 5.32 Å². The Hall–Kier alpha value is -3.65. The molecule has 8 nitrogen and oxygen atoms in total. The average molecular weight is 348 g/mol. The molecular weight excluding hydrogens is 332 g/mol. The number of carbonyl (C=O) groups excluding carboxylic acids is 1. The van der Waals surface area contributed by atoms with Gasteiger partial charge in [-0.1, -0.05) is 12.1 Å². The molecule has 0 spiro atoms. The van der Waals surface area contributed by atoms with E-state index in [0.29, 0.717) is 23.5 Å². The molecule has 2 heterocycles. The second-order valence-corrected chi connectivity index (χ2v) is 5.82. The van der Waals surface area contributed by atoms with E-state index in [1.807, 2.05) is 36.9 Å². The number of hydrogen-bond donors (Lipinski definition) is 1. The smallest absolute Gasteiger partial charge is 0.268 e. The highest BCUT2D eigenvalue weighted by atomic mass is 16.6. The van der Waals surface area contributed by atoms with E-state index in [2.05, 4.69) is 15.5 Å². The first-order valence-electron chi connectivity index (χ1n) is 8.06. The van der Waals surface area contributed by atoms with Crippen LogP contribution < -0.4 is 5.32 Å². The molecule has 0 fully saturated rings. The zero-order chi connectivity index (χ0) is 18.7. The van der Waals surface area contributed by atoms with Crippen LogP contribution in [0.25, 0.3) is 0 Å². The van der Waals surface area contributed by atoms with E-state index in [1.54, 1.807) is 6.07 Å². The normalized spacial score (nSPS) is 15.5. The number of aryl methyl sites for hydroxylation is 2. The zero-order valence-corrected chi connectivity index (χ0v) is 14.4. The molecule has 1 aliphatic rings. The summed E-state index contributed by atoms with van der Waals surface area (Å²) < 4.78 is 1.92. The van der Waals surface area contributed by atoms with E-state index in [4.69, 9.17) is 15.4 Å².